The molecular formula is C9H10BrF2NO3. The van der Waals surface area contributed by atoms with Crippen molar-refractivity contribution in [2.24, 2.45) is 0 Å². The summed E-state index contributed by atoms with van der Waals surface area (Å²) < 4.78 is 29.4. The van der Waals surface area contributed by atoms with Gasteiger partial charge in [-0.25, -0.2) is 8.78 Å². The van der Waals surface area contributed by atoms with Crippen LogP contribution in [0.1, 0.15) is 10.4 Å². The Morgan fingerprint density at radius 2 is 2.31 bits per heavy atom. The summed E-state index contributed by atoms with van der Waals surface area (Å²) in [5.74, 6) is -0.602. The van der Waals surface area contributed by atoms with Crippen LogP contribution in [0.4, 0.5) is 8.78 Å². The summed E-state index contributed by atoms with van der Waals surface area (Å²) in [5.41, 5.74) is 0.161. The summed E-state index contributed by atoms with van der Waals surface area (Å²) in [6, 6.07) is 1.38. The highest BCUT2D eigenvalue weighted by Gasteiger charge is 2.22. The lowest BCUT2D eigenvalue weighted by atomic mass is 10.3. The van der Waals surface area contributed by atoms with Gasteiger partial charge in [0.2, 0.25) is 0 Å². The van der Waals surface area contributed by atoms with Gasteiger partial charge in [-0.2, -0.15) is 0 Å². The molecule has 0 saturated heterocycles. The number of carbonyl (C=O) groups excluding carboxylic acids is 1. The maximum atomic E-state index is 12.2. The quantitative estimate of drug-likeness (QED) is 0.901. The predicted octanol–water partition coefficient (Wildman–Crippen LogP) is 1.74. The first-order valence-electron chi connectivity index (χ1n) is 4.47. The standard InChI is InChI=1S/C9H10BrF2NO3/c10-8-6(1-4-16-8)9(15)13(2-3-14)5-7(11)12/h1,4,7,14H,2-3,5H2. The average Bonchev–Trinajstić information content (AvgIpc) is 2.62. The van der Waals surface area contributed by atoms with Gasteiger partial charge in [0, 0.05) is 6.54 Å². The number of rotatable bonds is 5. The van der Waals surface area contributed by atoms with E-state index in [-0.39, 0.29) is 23.4 Å². The first-order valence-corrected chi connectivity index (χ1v) is 5.26. The average molecular weight is 298 g/mol. The second-order valence-corrected chi connectivity index (χ2v) is 3.69. The second kappa shape index (κ2) is 5.95. The number of hydrogen-bond donors (Lipinski definition) is 1. The van der Waals surface area contributed by atoms with E-state index in [9.17, 15) is 13.6 Å². The molecule has 0 atom stereocenters. The van der Waals surface area contributed by atoms with Gasteiger partial charge in [0.1, 0.15) is 0 Å². The molecule has 0 spiro atoms. The van der Waals surface area contributed by atoms with Crippen LogP contribution in [0.3, 0.4) is 0 Å². The van der Waals surface area contributed by atoms with E-state index in [1.165, 1.54) is 12.3 Å². The molecule has 16 heavy (non-hydrogen) atoms. The summed E-state index contributed by atoms with van der Waals surface area (Å²) in [5, 5.41) is 8.69. The van der Waals surface area contributed by atoms with Gasteiger partial charge < -0.3 is 14.4 Å². The Balaban J connectivity index is 2.78. The van der Waals surface area contributed by atoms with E-state index in [0.29, 0.717) is 0 Å². The van der Waals surface area contributed by atoms with Crippen LogP contribution in [0.15, 0.2) is 21.4 Å². The van der Waals surface area contributed by atoms with Crippen LogP contribution in [-0.4, -0.2) is 42.0 Å². The molecule has 0 saturated carbocycles. The van der Waals surface area contributed by atoms with Gasteiger partial charge in [-0.05, 0) is 22.0 Å². The van der Waals surface area contributed by atoms with Gasteiger partial charge in [0.15, 0.2) is 4.67 Å². The Morgan fingerprint density at radius 3 is 2.75 bits per heavy atom. The predicted molar refractivity (Wildman–Crippen MR) is 55.4 cm³/mol. The number of halogens is 3. The van der Waals surface area contributed by atoms with Crippen molar-refractivity contribution in [1.82, 2.24) is 4.90 Å². The van der Waals surface area contributed by atoms with Gasteiger partial charge in [0.05, 0.1) is 25.0 Å². The fourth-order valence-electron chi connectivity index (χ4n) is 1.18. The van der Waals surface area contributed by atoms with Crippen molar-refractivity contribution >= 4 is 21.8 Å². The van der Waals surface area contributed by atoms with Crippen LogP contribution < -0.4 is 0 Å². The van der Waals surface area contributed by atoms with Gasteiger partial charge in [-0.3, -0.25) is 4.79 Å². The van der Waals surface area contributed by atoms with Gasteiger partial charge >= 0.3 is 0 Å². The van der Waals surface area contributed by atoms with E-state index in [2.05, 4.69) is 15.9 Å². The lowest BCUT2D eigenvalue weighted by Gasteiger charge is -2.20. The molecule has 0 aliphatic rings. The van der Waals surface area contributed by atoms with E-state index in [4.69, 9.17) is 9.52 Å². The lowest BCUT2D eigenvalue weighted by molar-refractivity contribution is 0.0507. The molecule has 4 nitrogen and oxygen atoms in total. The molecule has 0 radical (unpaired) electrons. The van der Waals surface area contributed by atoms with Crippen molar-refractivity contribution in [1.29, 1.82) is 0 Å². The molecule has 1 aromatic rings. The van der Waals surface area contributed by atoms with Gasteiger partial charge in [0.25, 0.3) is 12.3 Å². The Kier molecular flexibility index (Phi) is 4.88. The minimum Gasteiger partial charge on any atom is -0.457 e. The first-order chi connectivity index (χ1) is 7.56. The largest absolute Gasteiger partial charge is 0.457 e. The summed E-state index contributed by atoms with van der Waals surface area (Å²) in [6.07, 6.45) is -1.36. The Morgan fingerprint density at radius 1 is 1.62 bits per heavy atom. The number of aliphatic hydroxyl groups excluding tert-OH is 1. The summed E-state index contributed by atoms with van der Waals surface area (Å²) in [6.45, 7) is -1.22. The van der Waals surface area contributed by atoms with Crippen molar-refractivity contribution in [3.8, 4) is 0 Å². The molecule has 0 aliphatic carbocycles. The Hall–Kier alpha value is -0.950. The van der Waals surface area contributed by atoms with Crippen LogP contribution >= 0.6 is 15.9 Å². The number of furan rings is 1. The van der Waals surface area contributed by atoms with Crippen LogP contribution in [0.5, 0.6) is 0 Å². The molecule has 90 valence electrons. The third-order valence-corrected chi connectivity index (χ3v) is 2.48. The monoisotopic (exact) mass is 297 g/mol. The first kappa shape index (κ1) is 13.1. The number of alkyl halides is 2. The fraction of sp³-hybridized carbons (Fsp3) is 0.444. The van der Waals surface area contributed by atoms with Crippen LogP contribution in [0.25, 0.3) is 0 Å². The topological polar surface area (TPSA) is 53.7 Å². The summed E-state index contributed by atoms with van der Waals surface area (Å²) in [4.78, 5) is 12.6. The van der Waals surface area contributed by atoms with Crippen LogP contribution in [0, 0.1) is 0 Å². The number of hydrogen-bond acceptors (Lipinski definition) is 3. The molecule has 1 rings (SSSR count). The number of amides is 1. The number of carbonyl (C=O) groups is 1. The van der Waals surface area contributed by atoms with Gasteiger partial charge in [-0.1, -0.05) is 0 Å². The number of aliphatic hydroxyl groups is 1. The molecule has 1 amide bonds. The third kappa shape index (κ3) is 3.28. The normalized spacial score (nSPS) is 10.8. The maximum absolute atomic E-state index is 12.2. The number of nitrogens with zero attached hydrogens (tertiary/aromatic N) is 1. The molecule has 0 fully saturated rings. The van der Waals surface area contributed by atoms with Crippen molar-refractivity contribution in [2.75, 3.05) is 19.7 Å². The highest BCUT2D eigenvalue weighted by Crippen LogP contribution is 2.19. The van der Waals surface area contributed by atoms with Crippen molar-refractivity contribution in [2.45, 2.75) is 6.43 Å². The van der Waals surface area contributed by atoms with E-state index < -0.39 is 18.9 Å². The molecule has 1 heterocycles. The van der Waals surface area contributed by atoms with Crippen LogP contribution in [0.2, 0.25) is 0 Å². The highest BCUT2D eigenvalue weighted by molar-refractivity contribution is 9.10. The zero-order valence-electron chi connectivity index (χ0n) is 8.20. The smallest absolute Gasteiger partial charge is 0.258 e. The summed E-state index contributed by atoms with van der Waals surface area (Å²) >= 11 is 2.99. The summed E-state index contributed by atoms with van der Waals surface area (Å²) in [7, 11) is 0. The fourth-order valence-corrected chi connectivity index (χ4v) is 1.59. The van der Waals surface area contributed by atoms with Crippen molar-refractivity contribution < 1.29 is 23.1 Å². The van der Waals surface area contributed by atoms with Gasteiger partial charge in [-0.15, -0.1) is 0 Å². The third-order valence-electron chi connectivity index (χ3n) is 1.86. The molecule has 1 N–H and O–H groups in total. The van der Waals surface area contributed by atoms with Crippen molar-refractivity contribution in [3.63, 3.8) is 0 Å². The highest BCUT2D eigenvalue weighted by atomic mass is 79.9. The van der Waals surface area contributed by atoms with E-state index in [0.717, 1.165) is 4.90 Å². The second-order valence-electron chi connectivity index (χ2n) is 2.97. The maximum Gasteiger partial charge on any atom is 0.258 e. The van der Waals surface area contributed by atoms with E-state index in [1.54, 1.807) is 0 Å². The zero-order valence-corrected chi connectivity index (χ0v) is 9.78. The Labute approximate surface area is 99.0 Å². The van der Waals surface area contributed by atoms with E-state index >= 15 is 0 Å². The minimum atomic E-state index is -2.64. The molecule has 7 heteroatoms. The zero-order chi connectivity index (χ0) is 12.1. The Bertz CT molecular complexity index is 356. The molecular weight excluding hydrogens is 288 g/mol. The molecule has 0 bridgehead atoms. The van der Waals surface area contributed by atoms with Crippen LogP contribution in [-0.2, 0) is 0 Å². The SMILES string of the molecule is O=C(c1ccoc1Br)N(CCO)CC(F)F. The minimum absolute atomic E-state index is 0.138. The molecule has 0 aliphatic heterocycles. The molecule has 0 unspecified atom stereocenters. The molecule has 1 aromatic heterocycles. The van der Waals surface area contributed by atoms with E-state index in [1.807, 2.05) is 0 Å². The molecule has 0 aromatic carbocycles. The lowest BCUT2D eigenvalue weighted by Crippen LogP contribution is -2.37. The van der Waals surface area contributed by atoms with Crippen molar-refractivity contribution in [3.05, 3.63) is 22.6 Å².